The maximum absolute atomic E-state index is 12.8. The van der Waals surface area contributed by atoms with Crippen LogP contribution in [0.5, 0.6) is 5.75 Å². The minimum absolute atomic E-state index is 0.0539. The Morgan fingerprint density at radius 3 is 2.52 bits per heavy atom. The Morgan fingerprint density at radius 2 is 1.92 bits per heavy atom. The van der Waals surface area contributed by atoms with Gasteiger partial charge in [-0.25, -0.2) is 4.79 Å². The zero-order valence-electron chi connectivity index (χ0n) is 13.7. The second-order valence-electron chi connectivity index (χ2n) is 6.17. The Balaban J connectivity index is 1.99. The minimum Gasteiger partial charge on any atom is -0.508 e. The van der Waals surface area contributed by atoms with Crippen LogP contribution in [0.25, 0.3) is 0 Å². The van der Waals surface area contributed by atoms with Crippen LogP contribution in [0, 0.1) is 6.92 Å². The number of phenolic OH excluding ortho intramolecular Hbond substituents is 1. The van der Waals surface area contributed by atoms with Crippen LogP contribution in [-0.4, -0.2) is 43.3 Å². The molecular weight excluding hydrogens is 328 g/mol. The molecule has 1 saturated heterocycles. The second kappa shape index (κ2) is 6.83. The van der Waals surface area contributed by atoms with Crippen LogP contribution in [0.1, 0.15) is 23.8 Å². The van der Waals surface area contributed by atoms with E-state index in [1.165, 1.54) is 22.9 Å². The summed E-state index contributed by atoms with van der Waals surface area (Å²) in [5.41, 5.74) is 0.0877. The first kappa shape index (κ1) is 17.4. The van der Waals surface area contributed by atoms with Crippen molar-refractivity contribution in [3.05, 3.63) is 62.4 Å². The molecule has 8 nitrogen and oxygen atoms in total. The first-order valence-electron chi connectivity index (χ1n) is 7.95. The lowest BCUT2D eigenvalue weighted by atomic mass is 10.2. The Hall–Kier alpha value is -2.42. The lowest BCUT2D eigenvalue weighted by molar-refractivity contribution is -0.0463. The van der Waals surface area contributed by atoms with Gasteiger partial charge in [0.1, 0.15) is 18.1 Å². The quantitative estimate of drug-likeness (QED) is 0.700. The molecule has 1 aromatic carbocycles. The van der Waals surface area contributed by atoms with Gasteiger partial charge in [-0.1, -0.05) is 12.1 Å². The van der Waals surface area contributed by atoms with Crippen molar-refractivity contribution >= 4 is 0 Å². The fraction of sp³-hybridized carbons (Fsp3) is 0.412. The highest BCUT2D eigenvalue weighted by Crippen LogP contribution is 2.27. The summed E-state index contributed by atoms with van der Waals surface area (Å²) in [4.78, 5) is 25.1. The Morgan fingerprint density at radius 1 is 1.24 bits per heavy atom. The number of aromatic hydroxyl groups is 1. The van der Waals surface area contributed by atoms with E-state index in [2.05, 4.69) is 0 Å². The molecule has 25 heavy (non-hydrogen) atoms. The standard InChI is InChI=1S/C17H20N2O6/c1-10-7-18(15-6-13(22)14(9-20)25-15)17(24)19(16(10)23)8-11-2-4-12(21)5-3-11/h2-5,7,13-15,20-22H,6,8-9H2,1H3/t13?,14-,15-/m1/s1. The normalized spacial score (nSPS) is 23.1. The summed E-state index contributed by atoms with van der Waals surface area (Å²) < 4.78 is 7.88. The number of rotatable bonds is 4. The molecule has 2 heterocycles. The number of benzene rings is 1. The molecule has 0 aliphatic carbocycles. The van der Waals surface area contributed by atoms with Crippen molar-refractivity contribution in [2.75, 3.05) is 6.61 Å². The van der Waals surface area contributed by atoms with Crippen LogP contribution >= 0.6 is 0 Å². The van der Waals surface area contributed by atoms with Crippen molar-refractivity contribution in [3.8, 4) is 5.75 Å². The average molecular weight is 348 g/mol. The van der Waals surface area contributed by atoms with Gasteiger partial charge in [-0.05, 0) is 24.6 Å². The topological polar surface area (TPSA) is 114 Å². The molecule has 1 aliphatic rings. The van der Waals surface area contributed by atoms with Crippen LogP contribution in [0.15, 0.2) is 40.1 Å². The van der Waals surface area contributed by atoms with Crippen LogP contribution in [0.3, 0.4) is 0 Å². The maximum atomic E-state index is 12.8. The average Bonchev–Trinajstić information content (AvgIpc) is 2.97. The van der Waals surface area contributed by atoms with Gasteiger partial charge in [-0.15, -0.1) is 0 Å². The van der Waals surface area contributed by atoms with Gasteiger partial charge in [-0.3, -0.25) is 13.9 Å². The van der Waals surface area contributed by atoms with Crippen LogP contribution in [0.4, 0.5) is 0 Å². The third-order valence-corrected chi connectivity index (χ3v) is 4.34. The number of nitrogens with zero attached hydrogens (tertiary/aromatic N) is 2. The number of phenols is 1. The minimum atomic E-state index is -0.875. The van der Waals surface area contributed by atoms with Gasteiger partial charge in [0.2, 0.25) is 0 Å². The van der Waals surface area contributed by atoms with Gasteiger partial charge in [0.05, 0.1) is 19.3 Å². The molecule has 0 saturated carbocycles. The van der Waals surface area contributed by atoms with E-state index in [9.17, 15) is 24.9 Å². The lowest BCUT2D eigenvalue weighted by Gasteiger charge is -2.17. The molecule has 0 radical (unpaired) electrons. The van der Waals surface area contributed by atoms with E-state index in [1.54, 1.807) is 19.1 Å². The van der Waals surface area contributed by atoms with E-state index in [-0.39, 0.29) is 25.3 Å². The molecule has 1 unspecified atom stereocenters. The third-order valence-electron chi connectivity index (χ3n) is 4.34. The summed E-state index contributed by atoms with van der Waals surface area (Å²) >= 11 is 0. The van der Waals surface area contributed by atoms with Crippen molar-refractivity contribution in [2.24, 2.45) is 0 Å². The summed E-state index contributed by atoms with van der Waals surface area (Å²) in [7, 11) is 0. The van der Waals surface area contributed by atoms with Gasteiger partial charge in [-0.2, -0.15) is 0 Å². The number of hydrogen-bond donors (Lipinski definition) is 3. The molecular formula is C17H20N2O6. The fourth-order valence-electron chi connectivity index (χ4n) is 2.94. The zero-order valence-corrected chi connectivity index (χ0v) is 13.7. The van der Waals surface area contributed by atoms with Crippen molar-refractivity contribution in [1.29, 1.82) is 0 Å². The van der Waals surface area contributed by atoms with E-state index in [4.69, 9.17) is 4.74 Å². The zero-order chi connectivity index (χ0) is 18.1. The molecule has 3 atom stereocenters. The number of aliphatic hydroxyl groups is 2. The van der Waals surface area contributed by atoms with Gasteiger partial charge >= 0.3 is 5.69 Å². The number of aromatic nitrogens is 2. The third kappa shape index (κ3) is 3.37. The van der Waals surface area contributed by atoms with Gasteiger partial charge in [0, 0.05) is 18.2 Å². The van der Waals surface area contributed by atoms with Crippen molar-refractivity contribution < 1.29 is 20.1 Å². The smallest absolute Gasteiger partial charge is 0.333 e. The van der Waals surface area contributed by atoms with E-state index < -0.39 is 29.7 Å². The molecule has 8 heteroatoms. The molecule has 1 fully saturated rings. The summed E-state index contributed by atoms with van der Waals surface area (Å²) in [6.07, 6.45) is -0.809. The Kier molecular flexibility index (Phi) is 4.76. The maximum Gasteiger partial charge on any atom is 0.333 e. The molecule has 0 amide bonds. The molecule has 3 rings (SSSR count). The summed E-state index contributed by atoms with van der Waals surface area (Å²) in [5, 5.41) is 28.4. The number of aliphatic hydroxyl groups excluding tert-OH is 2. The van der Waals surface area contributed by atoms with Crippen molar-refractivity contribution in [2.45, 2.75) is 38.3 Å². The molecule has 134 valence electrons. The van der Waals surface area contributed by atoms with Crippen LogP contribution in [-0.2, 0) is 11.3 Å². The lowest BCUT2D eigenvalue weighted by Crippen LogP contribution is -2.42. The Bertz CT molecular complexity index is 870. The largest absolute Gasteiger partial charge is 0.508 e. The number of ether oxygens (including phenoxy) is 1. The second-order valence-corrected chi connectivity index (χ2v) is 6.17. The van der Waals surface area contributed by atoms with Crippen molar-refractivity contribution in [1.82, 2.24) is 9.13 Å². The van der Waals surface area contributed by atoms with Crippen molar-refractivity contribution in [3.63, 3.8) is 0 Å². The summed E-state index contributed by atoms with van der Waals surface area (Å²) in [6, 6.07) is 6.23. The molecule has 3 N–H and O–H groups in total. The SMILES string of the molecule is Cc1cn([C@H]2CC(O)[C@@H](CO)O2)c(=O)n(Cc2ccc(O)cc2)c1=O. The molecule has 1 aromatic heterocycles. The van der Waals surface area contributed by atoms with E-state index in [1.807, 2.05) is 0 Å². The monoisotopic (exact) mass is 348 g/mol. The molecule has 0 spiro atoms. The van der Waals surface area contributed by atoms with Crippen LogP contribution < -0.4 is 11.2 Å². The predicted octanol–water partition coefficient (Wildman–Crippen LogP) is -0.287. The molecule has 0 bridgehead atoms. The van der Waals surface area contributed by atoms with Gasteiger partial charge in [0.25, 0.3) is 5.56 Å². The van der Waals surface area contributed by atoms with E-state index in [0.29, 0.717) is 11.1 Å². The predicted molar refractivity (Wildman–Crippen MR) is 88.5 cm³/mol. The molecule has 2 aromatic rings. The summed E-state index contributed by atoms with van der Waals surface area (Å²) in [5.74, 6) is 0.0983. The highest BCUT2D eigenvalue weighted by atomic mass is 16.5. The first-order chi connectivity index (χ1) is 11.9. The fourth-order valence-corrected chi connectivity index (χ4v) is 2.94. The summed E-state index contributed by atoms with van der Waals surface area (Å²) in [6.45, 7) is 1.30. The van der Waals surface area contributed by atoms with Crippen LogP contribution in [0.2, 0.25) is 0 Å². The number of aryl methyl sites for hydroxylation is 1. The Labute approximate surface area is 143 Å². The number of hydrogen-bond acceptors (Lipinski definition) is 6. The van der Waals surface area contributed by atoms with E-state index in [0.717, 1.165) is 4.57 Å². The molecule has 1 aliphatic heterocycles. The highest BCUT2D eigenvalue weighted by Gasteiger charge is 2.35. The van der Waals surface area contributed by atoms with Gasteiger partial charge < -0.3 is 20.1 Å². The highest BCUT2D eigenvalue weighted by molar-refractivity contribution is 5.26. The van der Waals surface area contributed by atoms with E-state index >= 15 is 0 Å². The first-order valence-corrected chi connectivity index (χ1v) is 7.95. The van der Waals surface area contributed by atoms with Gasteiger partial charge in [0.15, 0.2) is 0 Å².